The van der Waals surface area contributed by atoms with Gasteiger partial charge in [0.05, 0.1) is 6.10 Å². The molecule has 1 unspecified atom stereocenters. The van der Waals surface area contributed by atoms with E-state index in [-0.39, 0.29) is 11.9 Å². The normalized spacial score (nSPS) is 40.0. The molecule has 94 valence electrons. The number of carbonyl (C=O) groups excluding carboxylic acids is 1. The van der Waals surface area contributed by atoms with Crippen molar-refractivity contribution in [1.82, 2.24) is 0 Å². The maximum Gasteiger partial charge on any atom is 0.167 e. The summed E-state index contributed by atoms with van der Waals surface area (Å²) in [5, 5.41) is 0. The predicted molar refractivity (Wildman–Crippen MR) is 68.7 cm³/mol. The summed E-state index contributed by atoms with van der Waals surface area (Å²) in [5.41, 5.74) is 0.640. The van der Waals surface area contributed by atoms with Gasteiger partial charge in [-0.05, 0) is 31.6 Å². The van der Waals surface area contributed by atoms with Crippen LogP contribution in [0.5, 0.6) is 0 Å². The number of hydrogen-bond donors (Lipinski definition) is 0. The lowest BCUT2D eigenvalue weighted by molar-refractivity contribution is -0.124. The second-order valence-corrected chi connectivity index (χ2v) is 5.80. The van der Waals surface area contributed by atoms with Gasteiger partial charge in [-0.3, -0.25) is 4.79 Å². The minimum atomic E-state index is -0.501. The molecule has 0 amide bonds. The highest BCUT2D eigenvalue weighted by molar-refractivity contribution is 5.90. The SMILES string of the molecule is C=C1/C=C\C(C(C)C)CC(=O)[C@]2(C)O[C@H]2CC1. The number of ether oxygens (including phenoxy) is 1. The first-order chi connectivity index (χ1) is 7.93. The summed E-state index contributed by atoms with van der Waals surface area (Å²) in [5.74, 6) is 1.04. The monoisotopic (exact) mass is 234 g/mol. The van der Waals surface area contributed by atoms with Crippen molar-refractivity contribution in [2.45, 2.75) is 51.7 Å². The lowest BCUT2D eigenvalue weighted by Gasteiger charge is -2.18. The molecule has 0 aromatic rings. The van der Waals surface area contributed by atoms with Crippen molar-refractivity contribution in [2.24, 2.45) is 11.8 Å². The van der Waals surface area contributed by atoms with Gasteiger partial charge in [0, 0.05) is 6.42 Å². The number of fused-ring (bicyclic) bond motifs is 1. The van der Waals surface area contributed by atoms with Crippen LogP contribution in [-0.4, -0.2) is 17.5 Å². The molecule has 2 nitrogen and oxygen atoms in total. The quantitative estimate of drug-likeness (QED) is 0.652. The number of rotatable bonds is 1. The minimum Gasteiger partial charge on any atom is -0.358 e. The van der Waals surface area contributed by atoms with Gasteiger partial charge < -0.3 is 4.74 Å². The summed E-state index contributed by atoms with van der Waals surface area (Å²) >= 11 is 0. The summed E-state index contributed by atoms with van der Waals surface area (Å²) in [7, 11) is 0. The summed E-state index contributed by atoms with van der Waals surface area (Å²) < 4.78 is 5.61. The fourth-order valence-corrected chi connectivity index (χ4v) is 2.44. The molecule has 1 aliphatic carbocycles. The molecule has 1 fully saturated rings. The number of Topliss-reactive ketones (excluding diaryl/α,β-unsaturated/α-hetero) is 1. The van der Waals surface area contributed by atoms with Crippen LogP contribution in [0.15, 0.2) is 24.3 Å². The smallest absolute Gasteiger partial charge is 0.167 e. The van der Waals surface area contributed by atoms with E-state index in [1.54, 1.807) is 0 Å². The van der Waals surface area contributed by atoms with Gasteiger partial charge in [-0.25, -0.2) is 0 Å². The molecule has 2 aliphatic rings. The molecule has 0 N–H and O–H groups in total. The molecule has 0 aromatic heterocycles. The topological polar surface area (TPSA) is 29.6 Å². The molecule has 2 heteroatoms. The Kier molecular flexibility index (Phi) is 3.26. The molecule has 3 atom stereocenters. The van der Waals surface area contributed by atoms with E-state index in [4.69, 9.17) is 4.74 Å². The lowest BCUT2D eigenvalue weighted by atomic mass is 9.84. The average Bonchev–Trinajstić information content (AvgIpc) is 2.93. The Bertz CT molecular complexity index is 367. The second kappa shape index (κ2) is 4.41. The van der Waals surface area contributed by atoms with E-state index in [1.165, 1.54) is 0 Å². The molecule has 1 aliphatic heterocycles. The van der Waals surface area contributed by atoms with Crippen LogP contribution in [0.3, 0.4) is 0 Å². The van der Waals surface area contributed by atoms with Crippen molar-refractivity contribution in [3.05, 3.63) is 24.3 Å². The van der Waals surface area contributed by atoms with Crippen LogP contribution in [0.4, 0.5) is 0 Å². The third kappa shape index (κ3) is 2.52. The zero-order valence-electron chi connectivity index (χ0n) is 11.0. The summed E-state index contributed by atoms with van der Waals surface area (Å²) in [6, 6.07) is 0. The van der Waals surface area contributed by atoms with Gasteiger partial charge in [0.25, 0.3) is 0 Å². The fourth-order valence-electron chi connectivity index (χ4n) is 2.44. The molecule has 17 heavy (non-hydrogen) atoms. The predicted octanol–water partition coefficient (Wildman–Crippen LogP) is 3.28. The molecular formula is C15H22O2. The van der Waals surface area contributed by atoms with Gasteiger partial charge in [0.1, 0.15) is 5.60 Å². The summed E-state index contributed by atoms with van der Waals surface area (Å²) in [4.78, 5) is 12.2. The first-order valence-electron chi connectivity index (χ1n) is 6.50. The first-order valence-corrected chi connectivity index (χ1v) is 6.50. The largest absolute Gasteiger partial charge is 0.358 e. The Morgan fingerprint density at radius 2 is 2.24 bits per heavy atom. The molecule has 0 aromatic carbocycles. The van der Waals surface area contributed by atoms with Crippen LogP contribution in [-0.2, 0) is 9.53 Å². The standard InChI is InChI=1S/C15H22O2/c1-10(2)12-7-5-11(3)6-8-14-15(4,17-14)13(16)9-12/h5,7,10,12,14H,3,6,8-9H2,1-2,4H3/b7-5-/t12?,14-,15-/m0/s1. The minimum absolute atomic E-state index is 0.117. The summed E-state index contributed by atoms with van der Waals surface area (Å²) in [6.07, 6.45) is 6.78. The second-order valence-electron chi connectivity index (χ2n) is 5.80. The third-order valence-electron chi connectivity index (χ3n) is 4.08. The fraction of sp³-hybridized carbons (Fsp3) is 0.667. The van der Waals surface area contributed by atoms with Crippen molar-refractivity contribution in [3.8, 4) is 0 Å². The highest BCUT2D eigenvalue weighted by Crippen LogP contribution is 2.43. The van der Waals surface area contributed by atoms with Crippen molar-refractivity contribution < 1.29 is 9.53 Å². The zero-order valence-corrected chi connectivity index (χ0v) is 11.0. The Morgan fingerprint density at radius 3 is 2.88 bits per heavy atom. The number of ketones is 1. The average molecular weight is 234 g/mol. The van der Waals surface area contributed by atoms with Crippen LogP contribution in [0.2, 0.25) is 0 Å². The van der Waals surface area contributed by atoms with Crippen LogP contribution in [0.25, 0.3) is 0 Å². The summed E-state index contributed by atoms with van der Waals surface area (Å²) in [6.45, 7) is 10.3. The third-order valence-corrected chi connectivity index (χ3v) is 4.08. The van der Waals surface area contributed by atoms with Crippen LogP contribution < -0.4 is 0 Å². The Morgan fingerprint density at radius 1 is 1.53 bits per heavy atom. The maximum absolute atomic E-state index is 12.2. The molecule has 0 spiro atoms. The van der Waals surface area contributed by atoms with Gasteiger partial charge in [-0.1, -0.05) is 38.2 Å². The van der Waals surface area contributed by atoms with E-state index in [0.717, 1.165) is 18.4 Å². The first kappa shape index (κ1) is 12.6. The van der Waals surface area contributed by atoms with Gasteiger partial charge in [0.2, 0.25) is 0 Å². The molecule has 0 radical (unpaired) electrons. The van der Waals surface area contributed by atoms with E-state index < -0.39 is 5.60 Å². The number of hydrogen-bond acceptors (Lipinski definition) is 2. The van der Waals surface area contributed by atoms with Crippen LogP contribution >= 0.6 is 0 Å². The maximum atomic E-state index is 12.2. The molecule has 1 saturated heterocycles. The van der Waals surface area contributed by atoms with E-state index in [9.17, 15) is 4.79 Å². The number of carbonyl (C=O) groups is 1. The molecular weight excluding hydrogens is 212 g/mol. The van der Waals surface area contributed by atoms with E-state index in [2.05, 4.69) is 32.6 Å². The molecule has 0 saturated carbocycles. The Balaban J connectivity index is 2.18. The van der Waals surface area contributed by atoms with Gasteiger partial charge in [-0.2, -0.15) is 0 Å². The Hall–Kier alpha value is -0.890. The highest BCUT2D eigenvalue weighted by Gasteiger charge is 2.57. The lowest BCUT2D eigenvalue weighted by Crippen LogP contribution is -2.27. The van der Waals surface area contributed by atoms with Crippen LogP contribution in [0.1, 0.15) is 40.0 Å². The van der Waals surface area contributed by atoms with Crippen molar-refractivity contribution in [1.29, 1.82) is 0 Å². The van der Waals surface area contributed by atoms with Crippen molar-refractivity contribution >= 4 is 5.78 Å². The van der Waals surface area contributed by atoms with Gasteiger partial charge in [0.15, 0.2) is 5.78 Å². The van der Waals surface area contributed by atoms with Gasteiger partial charge in [-0.15, -0.1) is 0 Å². The van der Waals surface area contributed by atoms with Gasteiger partial charge >= 0.3 is 0 Å². The van der Waals surface area contributed by atoms with Crippen LogP contribution in [0, 0.1) is 11.8 Å². The highest BCUT2D eigenvalue weighted by atomic mass is 16.6. The van der Waals surface area contributed by atoms with E-state index in [0.29, 0.717) is 18.3 Å². The molecule has 0 bridgehead atoms. The van der Waals surface area contributed by atoms with E-state index >= 15 is 0 Å². The van der Waals surface area contributed by atoms with Crippen molar-refractivity contribution in [2.75, 3.05) is 0 Å². The molecule has 1 heterocycles. The number of allylic oxidation sites excluding steroid dienone is 3. The Labute approximate surface area is 104 Å². The number of epoxide rings is 1. The zero-order chi connectivity index (χ0) is 12.6. The molecule has 2 rings (SSSR count). The van der Waals surface area contributed by atoms with Crippen molar-refractivity contribution in [3.63, 3.8) is 0 Å². The van der Waals surface area contributed by atoms with E-state index in [1.807, 2.05) is 6.92 Å².